The van der Waals surface area contributed by atoms with Gasteiger partial charge in [-0.1, -0.05) is 17.7 Å². The molecule has 0 bridgehead atoms. The standard InChI is InChI=1S/C11H15ClN2O/c1-8-3-4-9(12)7-10(8)14-11(15)5-6-13-2/h3-4,7,13H,5-6H2,1-2H3,(H,14,15). The molecule has 0 saturated carbocycles. The first-order valence-corrected chi connectivity index (χ1v) is 5.22. The Morgan fingerprint density at radius 3 is 2.87 bits per heavy atom. The quantitative estimate of drug-likeness (QED) is 0.827. The molecule has 0 aliphatic rings. The number of hydrogen-bond acceptors (Lipinski definition) is 2. The molecule has 0 unspecified atom stereocenters. The third-order valence-corrected chi connectivity index (χ3v) is 2.31. The summed E-state index contributed by atoms with van der Waals surface area (Å²) in [7, 11) is 1.82. The van der Waals surface area contributed by atoms with Crippen molar-refractivity contribution in [3.63, 3.8) is 0 Å². The van der Waals surface area contributed by atoms with E-state index in [1.807, 2.05) is 20.0 Å². The van der Waals surface area contributed by atoms with Crippen molar-refractivity contribution in [2.45, 2.75) is 13.3 Å². The molecule has 3 nitrogen and oxygen atoms in total. The maximum absolute atomic E-state index is 11.4. The molecule has 0 aliphatic heterocycles. The zero-order valence-corrected chi connectivity index (χ0v) is 9.69. The Balaban J connectivity index is 2.63. The number of benzene rings is 1. The van der Waals surface area contributed by atoms with Gasteiger partial charge >= 0.3 is 0 Å². The van der Waals surface area contributed by atoms with E-state index in [1.54, 1.807) is 12.1 Å². The lowest BCUT2D eigenvalue weighted by molar-refractivity contribution is -0.116. The van der Waals surface area contributed by atoms with Crippen LogP contribution in [0.15, 0.2) is 18.2 Å². The van der Waals surface area contributed by atoms with E-state index in [1.165, 1.54) is 0 Å². The summed E-state index contributed by atoms with van der Waals surface area (Å²) < 4.78 is 0. The third-order valence-electron chi connectivity index (χ3n) is 2.08. The van der Waals surface area contributed by atoms with Crippen LogP contribution in [0.25, 0.3) is 0 Å². The van der Waals surface area contributed by atoms with Crippen molar-refractivity contribution >= 4 is 23.2 Å². The molecule has 2 N–H and O–H groups in total. The highest BCUT2D eigenvalue weighted by molar-refractivity contribution is 6.31. The molecule has 0 atom stereocenters. The lowest BCUT2D eigenvalue weighted by atomic mass is 10.2. The average Bonchev–Trinajstić information content (AvgIpc) is 2.20. The first-order valence-electron chi connectivity index (χ1n) is 4.84. The number of anilines is 1. The fraction of sp³-hybridized carbons (Fsp3) is 0.364. The summed E-state index contributed by atoms with van der Waals surface area (Å²) in [5.74, 6) is -0.00489. The highest BCUT2D eigenvalue weighted by Crippen LogP contribution is 2.20. The van der Waals surface area contributed by atoms with Gasteiger partial charge in [-0.25, -0.2) is 0 Å². The molecule has 1 amide bonds. The molecule has 1 aromatic rings. The second-order valence-electron chi connectivity index (χ2n) is 3.36. The van der Waals surface area contributed by atoms with Gasteiger partial charge < -0.3 is 10.6 Å². The Morgan fingerprint density at radius 1 is 1.47 bits per heavy atom. The van der Waals surface area contributed by atoms with Crippen molar-refractivity contribution in [3.05, 3.63) is 28.8 Å². The van der Waals surface area contributed by atoms with Gasteiger partial charge in [0.25, 0.3) is 0 Å². The van der Waals surface area contributed by atoms with Crippen molar-refractivity contribution in [1.29, 1.82) is 0 Å². The largest absolute Gasteiger partial charge is 0.326 e. The van der Waals surface area contributed by atoms with Crippen LogP contribution in [0.1, 0.15) is 12.0 Å². The Hall–Kier alpha value is -1.06. The van der Waals surface area contributed by atoms with Crippen molar-refractivity contribution < 1.29 is 4.79 Å². The fourth-order valence-corrected chi connectivity index (χ4v) is 1.35. The Bertz CT molecular complexity index is 352. The van der Waals surface area contributed by atoms with E-state index in [-0.39, 0.29) is 5.91 Å². The second-order valence-corrected chi connectivity index (χ2v) is 3.80. The fourth-order valence-electron chi connectivity index (χ4n) is 1.18. The van der Waals surface area contributed by atoms with Crippen molar-refractivity contribution in [2.24, 2.45) is 0 Å². The molecular formula is C11H15ClN2O. The van der Waals surface area contributed by atoms with Crippen LogP contribution in [0.3, 0.4) is 0 Å². The summed E-state index contributed by atoms with van der Waals surface area (Å²) in [6, 6.07) is 5.45. The zero-order valence-electron chi connectivity index (χ0n) is 8.93. The second kappa shape index (κ2) is 5.73. The predicted octanol–water partition coefficient (Wildman–Crippen LogP) is 2.20. The van der Waals surface area contributed by atoms with Crippen LogP contribution in [0.5, 0.6) is 0 Å². The number of rotatable bonds is 4. The van der Waals surface area contributed by atoms with Crippen LogP contribution >= 0.6 is 11.6 Å². The molecule has 1 rings (SSSR count). The van der Waals surface area contributed by atoms with E-state index < -0.39 is 0 Å². The van der Waals surface area contributed by atoms with Gasteiger partial charge in [-0.05, 0) is 31.7 Å². The van der Waals surface area contributed by atoms with Gasteiger partial charge in [-0.3, -0.25) is 4.79 Å². The number of aryl methyl sites for hydroxylation is 1. The lowest BCUT2D eigenvalue weighted by Gasteiger charge is -2.08. The normalized spacial score (nSPS) is 10.1. The number of amides is 1. The van der Waals surface area contributed by atoms with E-state index in [0.29, 0.717) is 18.0 Å². The minimum absolute atomic E-state index is 0.00489. The van der Waals surface area contributed by atoms with E-state index in [0.717, 1.165) is 11.3 Å². The van der Waals surface area contributed by atoms with E-state index in [2.05, 4.69) is 10.6 Å². The monoisotopic (exact) mass is 226 g/mol. The van der Waals surface area contributed by atoms with Gasteiger partial charge in [-0.2, -0.15) is 0 Å². The van der Waals surface area contributed by atoms with Gasteiger partial charge in [0.15, 0.2) is 0 Å². The van der Waals surface area contributed by atoms with Crippen LogP contribution in [0, 0.1) is 6.92 Å². The molecule has 15 heavy (non-hydrogen) atoms. The highest BCUT2D eigenvalue weighted by atomic mass is 35.5. The topological polar surface area (TPSA) is 41.1 Å². The van der Waals surface area contributed by atoms with Crippen molar-refractivity contribution in [2.75, 3.05) is 18.9 Å². The molecule has 0 fully saturated rings. The molecule has 82 valence electrons. The minimum atomic E-state index is -0.00489. The summed E-state index contributed by atoms with van der Waals surface area (Å²) in [6.07, 6.45) is 0.461. The summed E-state index contributed by atoms with van der Waals surface area (Å²) in [5.41, 5.74) is 1.79. The Labute approximate surface area is 94.8 Å². The van der Waals surface area contributed by atoms with Crippen LogP contribution < -0.4 is 10.6 Å². The summed E-state index contributed by atoms with van der Waals surface area (Å²) in [5, 5.41) is 6.38. The molecule has 1 aromatic carbocycles. The molecule has 0 radical (unpaired) electrons. The van der Waals surface area contributed by atoms with Gasteiger partial charge in [0, 0.05) is 23.7 Å². The number of nitrogens with one attached hydrogen (secondary N) is 2. The summed E-state index contributed by atoms with van der Waals surface area (Å²) in [4.78, 5) is 11.4. The molecule has 0 saturated heterocycles. The lowest BCUT2D eigenvalue weighted by Crippen LogP contribution is -2.19. The third kappa shape index (κ3) is 3.90. The molecule has 4 heteroatoms. The number of carbonyl (C=O) groups is 1. The van der Waals surface area contributed by atoms with E-state index >= 15 is 0 Å². The van der Waals surface area contributed by atoms with Crippen LogP contribution in [-0.4, -0.2) is 19.5 Å². The smallest absolute Gasteiger partial charge is 0.225 e. The SMILES string of the molecule is CNCCC(=O)Nc1cc(Cl)ccc1C. The molecule has 0 heterocycles. The maximum Gasteiger partial charge on any atom is 0.225 e. The Kier molecular flexibility index (Phi) is 4.59. The van der Waals surface area contributed by atoms with Gasteiger partial charge in [-0.15, -0.1) is 0 Å². The molecule has 0 spiro atoms. The van der Waals surface area contributed by atoms with Gasteiger partial charge in [0.1, 0.15) is 0 Å². The van der Waals surface area contributed by atoms with Gasteiger partial charge in [0.05, 0.1) is 0 Å². The zero-order chi connectivity index (χ0) is 11.3. The highest BCUT2D eigenvalue weighted by Gasteiger charge is 2.04. The van der Waals surface area contributed by atoms with Crippen molar-refractivity contribution in [1.82, 2.24) is 5.32 Å². The summed E-state index contributed by atoms with van der Waals surface area (Å²) >= 11 is 5.84. The van der Waals surface area contributed by atoms with Crippen LogP contribution in [-0.2, 0) is 4.79 Å². The molecule has 0 aliphatic carbocycles. The first kappa shape index (κ1) is 12.0. The van der Waals surface area contributed by atoms with E-state index in [9.17, 15) is 4.79 Å². The number of halogens is 1. The molecular weight excluding hydrogens is 212 g/mol. The minimum Gasteiger partial charge on any atom is -0.326 e. The first-order chi connectivity index (χ1) is 7.13. The maximum atomic E-state index is 11.4. The number of carbonyl (C=O) groups excluding carboxylic acids is 1. The van der Waals surface area contributed by atoms with E-state index in [4.69, 9.17) is 11.6 Å². The predicted molar refractivity (Wildman–Crippen MR) is 63.4 cm³/mol. The van der Waals surface area contributed by atoms with Gasteiger partial charge in [0.2, 0.25) is 5.91 Å². The molecule has 0 aromatic heterocycles. The number of hydrogen-bond donors (Lipinski definition) is 2. The summed E-state index contributed by atoms with van der Waals surface area (Å²) in [6.45, 7) is 2.61. The van der Waals surface area contributed by atoms with Crippen LogP contribution in [0.2, 0.25) is 5.02 Å². The Morgan fingerprint density at radius 2 is 2.20 bits per heavy atom. The van der Waals surface area contributed by atoms with Crippen LogP contribution in [0.4, 0.5) is 5.69 Å². The van der Waals surface area contributed by atoms with Crippen molar-refractivity contribution in [3.8, 4) is 0 Å². The average molecular weight is 227 g/mol.